The quantitative estimate of drug-likeness (QED) is 0.620. The largest absolute Gasteiger partial charge is 0.339 e. The predicted molar refractivity (Wildman–Crippen MR) is 104 cm³/mol. The van der Waals surface area contributed by atoms with Gasteiger partial charge in [-0.15, -0.1) is 11.3 Å². The number of anilines is 1. The number of fused-ring (bicyclic) bond motifs is 1. The molecule has 29 heavy (non-hydrogen) atoms. The van der Waals surface area contributed by atoms with E-state index in [1.807, 2.05) is 0 Å². The van der Waals surface area contributed by atoms with Crippen molar-refractivity contribution in [1.29, 1.82) is 0 Å². The van der Waals surface area contributed by atoms with Crippen LogP contribution in [0.15, 0.2) is 52.7 Å². The highest BCUT2D eigenvalue weighted by Gasteiger charge is 2.42. The molecule has 4 rings (SSSR count). The van der Waals surface area contributed by atoms with Crippen molar-refractivity contribution in [3.8, 4) is 0 Å². The van der Waals surface area contributed by atoms with Crippen molar-refractivity contribution in [3.63, 3.8) is 0 Å². The van der Waals surface area contributed by atoms with Crippen molar-refractivity contribution in [3.05, 3.63) is 75.7 Å². The summed E-state index contributed by atoms with van der Waals surface area (Å²) in [6, 6.07) is 8.40. The number of carbonyl (C=O) groups is 1. The van der Waals surface area contributed by atoms with Crippen molar-refractivity contribution in [2.24, 2.45) is 0 Å². The molecule has 0 saturated heterocycles. The first-order chi connectivity index (χ1) is 13.8. The molecule has 0 radical (unpaired) electrons. The summed E-state index contributed by atoms with van der Waals surface area (Å²) in [5.41, 5.74) is 0.172. The third-order valence-electron chi connectivity index (χ3n) is 4.52. The monoisotopic (exact) mass is 435 g/mol. The van der Waals surface area contributed by atoms with Crippen LogP contribution in [-0.4, -0.2) is 23.7 Å². The molecule has 0 saturated carbocycles. The summed E-state index contributed by atoms with van der Waals surface area (Å²) in [6.07, 6.45) is 0. The molecule has 2 heterocycles. The number of thiazole rings is 1. The molecule has 2 amide bonds. The second kappa shape index (κ2) is 7.20. The van der Waals surface area contributed by atoms with Gasteiger partial charge in [0, 0.05) is 10.9 Å². The van der Waals surface area contributed by atoms with Crippen LogP contribution >= 0.6 is 11.3 Å². The van der Waals surface area contributed by atoms with Crippen LogP contribution < -0.4 is 4.90 Å². The summed E-state index contributed by atoms with van der Waals surface area (Å²) in [5.74, 6) is -1.63. The molecule has 1 aromatic heterocycles. The Morgan fingerprint density at radius 1 is 1.03 bits per heavy atom. The van der Waals surface area contributed by atoms with Gasteiger partial charge in [-0.05, 0) is 31.2 Å². The molecule has 10 heteroatoms. The van der Waals surface area contributed by atoms with Crippen LogP contribution in [0, 0.1) is 18.6 Å². The number of benzene rings is 2. The highest BCUT2D eigenvalue weighted by Crippen LogP contribution is 2.36. The number of nitrogens with zero attached hydrogens (tertiary/aromatic N) is 3. The number of amides is 2. The third-order valence-corrected chi connectivity index (χ3v) is 7.11. The van der Waals surface area contributed by atoms with Crippen molar-refractivity contribution in [2.45, 2.75) is 24.9 Å². The number of rotatable bonds is 4. The number of hydrogen-bond acceptors (Lipinski definition) is 5. The van der Waals surface area contributed by atoms with E-state index in [1.165, 1.54) is 35.6 Å². The van der Waals surface area contributed by atoms with Crippen molar-refractivity contribution < 1.29 is 22.0 Å². The molecule has 0 N–H and O–H groups in total. The summed E-state index contributed by atoms with van der Waals surface area (Å²) >= 11 is 1.33. The van der Waals surface area contributed by atoms with Crippen LogP contribution in [0.25, 0.3) is 0 Å². The van der Waals surface area contributed by atoms with Gasteiger partial charge >= 0.3 is 6.03 Å². The molecule has 0 bridgehead atoms. The Morgan fingerprint density at radius 3 is 2.38 bits per heavy atom. The normalized spacial score (nSPS) is 15.5. The molecular formula is C19H15F2N3O3S2. The second-order valence-corrected chi connectivity index (χ2v) is 9.30. The van der Waals surface area contributed by atoms with E-state index in [0.29, 0.717) is 10.00 Å². The highest BCUT2D eigenvalue weighted by molar-refractivity contribution is 7.90. The van der Waals surface area contributed by atoms with E-state index in [4.69, 9.17) is 0 Å². The van der Waals surface area contributed by atoms with E-state index in [1.54, 1.807) is 18.4 Å². The second-order valence-electron chi connectivity index (χ2n) is 6.41. The lowest BCUT2D eigenvalue weighted by Crippen LogP contribution is -2.50. The lowest BCUT2D eigenvalue weighted by atomic mass is 10.1. The molecule has 1 aliphatic heterocycles. The van der Waals surface area contributed by atoms with E-state index in [0.717, 1.165) is 22.0 Å². The Hall–Kier alpha value is -2.85. The van der Waals surface area contributed by atoms with Crippen LogP contribution in [0.2, 0.25) is 0 Å². The summed E-state index contributed by atoms with van der Waals surface area (Å²) in [4.78, 5) is 18.3. The van der Waals surface area contributed by atoms with Crippen LogP contribution in [0.5, 0.6) is 0 Å². The molecule has 6 nitrogen and oxygen atoms in total. The molecule has 0 spiro atoms. The molecule has 2 aromatic carbocycles. The van der Waals surface area contributed by atoms with E-state index in [9.17, 15) is 22.0 Å². The Morgan fingerprint density at radius 2 is 1.72 bits per heavy atom. The third kappa shape index (κ3) is 3.38. The summed E-state index contributed by atoms with van der Waals surface area (Å²) in [7, 11) is -4.15. The Balaban J connectivity index is 1.81. The molecule has 1 aliphatic rings. The number of sulfonamides is 1. The van der Waals surface area contributed by atoms with Crippen LogP contribution in [0.3, 0.4) is 0 Å². The first-order valence-corrected chi connectivity index (χ1v) is 10.9. The molecule has 0 atom stereocenters. The minimum Gasteiger partial charge on any atom is -0.287 e. The summed E-state index contributed by atoms with van der Waals surface area (Å²) < 4.78 is 55.2. The van der Waals surface area contributed by atoms with Gasteiger partial charge in [-0.1, -0.05) is 18.2 Å². The summed E-state index contributed by atoms with van der Waals surface area (Å²) in [5, 5.41) is 2.40. The van der Waals surface area contributed by atoms with Gasteiger partial charge in [0.2, 0.25) is 0 Å². The average Bonchev–Trinajstić information content (AvgIpc) is 3.09. The number of para-hydroxylation sites is 1. The van der Waals surface area contributed by atoms with Crippen molar-refractivity contribution >= 4 is 33.1 Å². The van der Waals surface area contributed by atoms with Crippen LogP contribution in [-0.2, 0) is 23.1 Å². The molecule has 0 aliphatic carbocycles. The van der Waals surface area contributed by atoms with Crippen molar-refractivity contribution in [1.82, 2.24) is 9.29 Å². The predicted octanol–water partition coefficient (Wildman–Crippen LogP) is 4.06. The lowest BCUT2D eigenvalue weighted by Gasteiger charge is -2.36. The lowest BCUT2D eigenvalue weighted by molar-refractivity contribution is 0.225. The van der Waals surface area contributed by atoms with Gasteiger partial charge in [0.05, 0.1) is 29.5 Å². The highest BCUT2D eigenvalue weighted by atomic mass is 32.2. The number of hydrogen-bond donors (Lipinski definition) is 0. The number of aromatic nitrogens is 1. The van der Waals surface area contributed by atoms with Crippen LogP contribution in [0.1, 0.15) is 16.3 Å². The van der Waals surface area contributed by atoms with Gasteiger partial charge in [-0.25, -0.2) is 31.3 Å². The van der Waals surface area contributed by atoms with Gasteiger partial charge in [0.1, 0.15) is 16.5 Å². The van der Waals surface area contributed by atoms with E-state index >= 15 is 0 Å². The maximum atomic E-state index is 14.2. The minimum absolute atomic E-state index is 0.0749. The molecule has 0 unspecified atom stereocenters. The number of halogens is 2. The number of urea groups is 1. The molecular weight excluding hydrogens is 420 g/mol. The topological polar surface area (TPSA) is 70.6 Å². The first-order valence-electron chi connectivity index (χ1n) is 8.56. The Kier molecular flexibility index (Phi) is 4.83. The van der Waals surface area contributed by atoms with E-state index < -0.39 is 34.2 Å². The Labute approximate surface area is 170 Å². The number of aryl methyl sites for hydroxylation is 1. The van der Waals surface area contributed by atoms with Gasteiger partial charge < -0.3 is 0 Å². The van der Waals surface area contributed by atoms with Crippen LogP contribution in [0.4, 0.5) is 19.3 Å². The standard InChI is InChI=1S/C19H15F2N3O3S2/c1-12-22-13(11-28-12)9-24-19(25)23(10-14-15(20)5-4-6-16(14)21)17-7-2-3-8-18(17)29(24,26)27/h2-8,11H,9-10H2,1H3. The Bertz CT molecular complexity index is 1190. The number of carbonyl (C=O) groups excluding carboxylic acids is 1. The SMILES string of the molecule is Cc1nc(CN2C(=O)N(Cc3c(F)cccc3F)c3ccccc3S2(=O)=O)cs1. The zero-order chi connectivity index (χ0) is 20.8. The molecule has 150 valence electrons. The van der Waals surface area contributed by atoms with Gasteiger partial charge in [-0.3, -0.25) is 4.90 Å². The smallest absolute Gasteiger partial charge is 0.287 e. The van der Waals surface area contributed by atoms with Crippen molar-refractivity contribution in [2.75, 3.05) is 4.90 Å². The zero-order valence-corrected chi connectivity index (χ0v) is 16.8. The van der Waals surface area contributed by atoms with Gasteiger partial charge in [0.25, 0.3) is 10.0 Å². The summed E-state index contributed by atoms with van der Waals surface area (Å²) in [6.45, 7) is 1.05. The maximum absolute atomic E-state index is 14.2. The fraction of sp³-hybridized carbons (Fsp3) is 0.158. The minimum atomic E-state index is -4.15. The fourth-order valence-corrected chi connectivity index (χ4v) is 5.27. The molecule has 0 fully saturated rings. The van der Waals surface area contributed by atoms with Gasteiger partial charge in [-0.2, -0.15) is 0 Å². The van der Waals surface area contributed by atoms with E-state index in [-0.39, 0.29) is 22.7 Å². The van der Waals surface area contributed by atoms with Gasteiger partial charge in [0.15, 0.2) is 0 Å². The maximum Gasteiger partial charge on any atom is 0.339 e. The van der Waals surface area contributed by atoms with E-state index in [2.05, 4.69) is 4.98 Å². The zero-order valence-electron chi connectivity index (χ0n) is 15.2. The first kappa shape index (κ1) is 19.5. The average molecular weight is 435 g/mol. The molecule has 3 aromatic rings. The fourth-order valence-electron chi connectivity index (χ4n) is 3.13.